The zero-order valence-electron chi connectivity index (χ0n) is 14.2. The van der Waals surface area contributed by atoms with Gasteiger partial charge in [-0.15, -0.1) is 0 Å². The Morgan fingerprint density at radius 1 is 1.00 bits per heavy atom. The summed E-state index contributed by atoms with van der Waals surface area (Å²) in [6.07, 6.45) is 3.35. The fourth-order valence-corrected chi connectivity index (χ4v) is 2.30. The maximum Gasteiger partial charge on any atom is 0.224 e. The van der Waals surface area contributed by atoms with E-state index in [1.165, 1.54) is 0 Å². The van der Waals surface area contributed by atoms with Crippen LogP contribution in [0.25, 0.3) is 0 Å². The van der Waals surface area contributed by atoms with E-state index >= 15 is 0 Å². The fourth-order valence-electron chi connectivity index (χ4n) is 2.30. The summed E-state index contributed by atoms with van der Waals surface area (Å²) in [5, 5.41) is 6.40. The third-order valence-corrected chi connectivity index (χ3v) is 3.58. The number of methoxy groups -OCH3 is 2. The minimum absolute atomic E-state index is 0.541. The largest absolute Gasteiger partial charge is 0.493 e. The number of anilines is 2. The summed E-state index contributed by atoms with van der Waals surface area (Å²) in [5.41, 5.74) is 1.04. The molecule has 0 bridgehead atoms. The van der Waals surface area contributed by atoms with Crippen molar-refractivity contribution in [3.05, 3.63) is 60.2 Å². The highest BCUT2D eigenvalue weighted by atomic mass is 16.5. The number of ether oxygens (including phenoxy) is 2. The van der Waals surface area contributed by atoms with Crippen molar-refractivity contribution in [2.24, 2.45) is 0 Å². The van der Waals surface area contributed by atoms with Crippen molar-refractivity contribution in [2.45, 2.75) is 13.1 Å². The van der Waals surface area contributed by atoms with Crippen molar-refractivity contribution in [2.75, 3.05) is 24.9 Å². The smallest absolute Gasteiger partial charge is 0.224 e. The van der Waals surface area contributed by atoms with E-state index in [9.17, 15) is 0 Å². The third kappa shape index (κ3) is 4.41. The van der Waals surface area contributed by atoms with Crippen LogP contribution >= 0.6 is 0 Å². The number of hydrogen-bond donors (Lipinski definition) is 2. The van der Waals surface area contributed by atoms with Gasteiger partial charge in [0.25, 0.3) is 0 Å². The maximum atomic E-state index is 5.31. The van der Waals surface area contributed by atoms with Gasteiger partial charge in [-0.1, -0.05) is 6.07 Å². The SMILES string of the molecule is COc1ccc(CNc2nccc(NCc3ccco3)n2)cc1OC. The Bertz CT molecular complexity index is 806. The van der Waals surface area contributed by atoms with Gasteiger partial charge in [0.2, 0.25) is 5.95 Å². The molecule has 7 heteroatoms. The van der Waals surface area contributed by atoms with E-state index in [4.69, 9.17) is 13.9 Å². The predicted octanol–water partition coefficient (Wildman–Crippen LogP) is 3.31. The zero-order valence-corrected chi connectivity index (χ0v) is 14.2. The first-order valence-electron chi connectivity index (χ1n) is 7.82. The van der Waals surface area contributed by atoms with E-state index in [1.54, 1.807) is 26.7 Å². The van der Waals surface area contributed by atoms with Crippen molar-refractivity contribution in [3.63, 3.8) is 0 Å². The molecule has 7 nitrogen and oxygen atoms in total. The first-order chi connectivity index (χ1) is 12.3. The van der Waals surface area contributed by atoms with Crippen molar-refractivity contribution in [3.8, 4) is 11.5 Å². The number of aromatic nitrogens is 2. The summed E-state index contributed by atoms with van der Waals surface area (Å²) in [4.78, 5) is 8.67. The average molecular weight is 340 g/mol. The van der Waals surface area contributed by atoms with Crippen molar-refractivity contribution in [1.82, 2.24) is 9.97 Å². The summed E-state index contributed by atoms with van der Waals surface area (Å²) in [6.45, 7) is 1.14. The van der Waals surface area contributed by atoms with Crippen LogP contribution in [0.2, 0.25) is 0 Å². The molecule has 2 heterocycles. The molecule has 2 aromatic heterocycles. The highest BCUT2D eigenvalue weighted by Gasteiger charge is 2.05. The van der Waals surface area contributed by atoms with Gasteiger partial charge in [0.1, 0.15) is 11.6 Å². The Balaban J connectivity index is 1.60. The molecule has 3 aromatic rings. The molecule has 0 unspecified atom stereocenters. The number of hydrogen-bond acceptors (Lipinski definition) is 7. The van der Waals surface area contributed by atoms with Crippen LogP contribution in [0, 0.1) is 0 Å². The van der Waals surface area contributed by atoms with Gasteiger partial charge in [-0.25, -0.2) is 4.98 Å². The van der Waals surface area contributed by atoms with Crippen LogP contribution in [-0.2, 0) is 13.1 Å². The van der Waals surface area contributed by atoms with E-state index < -0.39 is 0 Å². The Hall–Kier alpha value is -3.22. The molecular formula is C18H20N4O3. The second-order valence-electron chi connectivity index (χ2n) is 5.24. The molecule has 0 amide bonds. The number of nitrogens with zero attached hydrogens (tertiary/aromatic N) is 2. The van der Waals surface area contributed by atoms with Gasteiger partial charge >= 0.3 is 0 Å². The molecule has 2 N–H and O–H groups in total. The van der Waals surface area contributed by atoms with E-state index in [-0.39, 0.29) is 0 Å². The molecule has 0 saturated heterocycles. The molecule has 0 saturated carbocycles. The maximum absolute atomic E-state index is 5.31. The van der Waals surface area contributed by atoms with Crippen molar-refractivity contribution < 1.29 is 13.9 Å². The Morgan fingerprint density at radius 2 is 1.88 bits per heavy atom. The molecule has 25 heavy (non-hydrogen) atoms. The Labute approximate surface area is 146 Å². The van der Waals surface area contributed by atoms with E-state index in [0.29, 0.717) is 30.5 Å². The Morgan fingerprint density at radius 3 is 2.64 bits per heavy atom. The van der Waals surface area contributed by atoms with E-state index in [1.807, 2.05) is 36.4 Å². The molecule has 0 aliphatic rings. The highest BCUT2D eigenvalue weighted by molar-refractivity contribution is 5.44. The standard InChI is InChI=1S/C18H20N4O3/c1-23-15-6-5-13(10-16(15)24-2)11-21-18-19-8-7-17(22-18)20-12-14-4-3-9-25-14/h3-10H,11-12H2,1-2H3,(H2,19,20,21,22). The number of rotatable bonds is 8. The monoisotopic (exact) mass is 340 g/mol. The summed E-state index contributed by atoms with van der Waals surface area (Å²) in [6, 6.07) is 11.3. The predicted molar refractivity (Wildman–Crippen MR) is 94.9 cm³/mol. The van der Waals surface area contributed by atoms with Gasteiger partial charge in [0.15, 0.2) is 11.5 Å². The molecule has 130 valence electrons. The normalized spacial score (nSPS) is 10.3. The minimum Gasteiger partial charge on any atom is -0.493 e. The Kier molecular flexibility index (Phi) is 5.36. The molecule has 0 aliphatic carbocycles. The molecule has 0 fully saturated rings. The van der Waals surface area contributed by atoms with Crippen LogP contribution in [0.3, 0.4) is 0 Å². The first-order valence-corrected chi connectivity index (χ1v) is 7.82. The van der Waals surface area contributed by atoms with Gasteiger partial charge in [0, 0.05) is 12.7 Å². The lowest BCUT2D eigenvalue weighted by atomic mass is 10.2. The molecule has 0 aliphatic heterocycles. The lowest BCUT2D eigenvalue weighted by molar-refractivity contribution is 0.354. The fraction of sp³-hybridized carbons (Fsp3) is 0.222. The lowest BCUT2D eigenvalue weighted by Gasteiger charge is -2.11. The zero-order chi connectivity index (χ0) is 17.5. The quantitative estimate of drug-likeness (QED) is 0.651. The van der Waals surface area contributed by atoms with Gasteiger partial charge < -0.3 is 24.5 Å². The van der Waals surface area contributed by atoms with Crippen LogP contribution in [0.15, 0.2) is 53.3 Å². The van der Waals surface area contributed by atoms with Crippen LogP contribution < -0.4 is 20.1 Å². The number of benzene rings is 1. The van der Waals surface area contributed by atoms with Gasteiger partial charge in [-0.05, 0) is 35.9 Å². The molecule has 3 rings (SSSR count). The number of furan rings is 1. The summed E-state index contributed by atoms with van der Waals surface area (Å²) in [7, 11) is 3.23. The third-order valence-electron chi connectivity index (χ3n) is 3.58. The molecule has 0 radical (unpaired) electrons. The molecule has 0 spiro atoms. The molecule has 1 aromatic carbocycles. The van der Waals surface area contributed by atoms with Crippen molar-refractivity contribution in [1.29, 1.82) is 0 Å². The van der Waals surface area contributed by atoms with Gasteiger partial charge in [-0.2, -0.15) is 4.98 Å². The lowest BCUT2D eigenvalue weighted by Crippen LogP contribution is -2.06. The van der Waals surface area contributed by atoms with Gasteiger partial charge in [-0.3, -0.25) is 0 Å². The summed E-state index contributed by atoms with van der Waals surface area (Å²) in [5.74, 6) is 3.50. The first kappa shape index (κ1) is 16.6. The van der Waals surface area contributed by atoms with E-state index in [2.05, 4.69) is 20.6 Å². The second kappa shape index (κ2) is 8.05. The van der Waals surface area contributed by atoms with Crippen LogP contribution in [0.5, 0.6) is 11.5 Å². The highest BCUT2D eigenvalue weighted by Crippen LogP contribution is 2.27. The average Bonchev–Trinajstić information content (AvgIpc) is 3.18. The molecular weight excluding hydrogens is 320 g/mol. The number of nitrogens with one attached hydrogen (secondary N) is 2. The topological polar surface area (TPSA) is 81.4 Å². The minimum atomic E-state index is 0.541. The van der Waals surface area contributed by atoms with Crippen LogP contribution in [-0.4, -0.2) is 24.2 Å². The van der Waals surface area contributed by atoms with E-state index in [0.717, 1.165) is 17.1 Å². The van der Waals surface area contributed by atoms with Gasteiger partial charge in [0.05, 0.1) is 27.0 Å². The summed E-state index contributed by atoms with van der Waals surface area (Å²) >= 11 is 0. The van der Waals surface area contributed by atoms with Crippen LogP contribution in [0.1, 0.15) is 11.3 Å². The van der Waals surface area contributed by atoms with Crippen LogP contribution in [0.4, 0.5) is 11.8 Å². The second-order valence-corrected chi connectivity index (χ2v) is 5.24. The summed E-state index contributed by atoms with van der Waals surface area (Å²) < 4.78 is 15.8. The van der Waals surface area contributed by atoms with Crippen molar-refractivity contribution >= 4 is 11.8 Å². The molecule has 0 atom stereocenters.